The van der Waals surface area contributed by atoms with Gasteiger partial charge in [-0.15, -0.1) is 0 Å². The summed E-state index contributed by atoms with van der Waals surface area (Å²) in [7, 11) is 0. The molecule has 0 saturated carbocycles. The number of aromatic nitrogens is 1. The Morgan fingerprint density at radius 1 is 0.618 bits per heavy atom. The van der Waals surface area contributed by atoms with E-state index in [1.807, 2.05) is 31.3 Å². The summed E-state index contributed by atoms with van der Waals surface area (Å²) in [5.74, 6) is 3.54. The van der Waals surface area contributed by atoms with E-state index < -0.39 is 0 Å². The first kappa shape index (κ1) is 19.2. The molecule has 1 aromatic heterocycles. The number of benzene rings is 4. The lowest BCUT2D eigenvalue weighted by Crippen LogP contribution is -2.57. The fourth-order valence-corrected chi connectivity index (χ4v) is 5.20. The lowest BCUT2D eigenvalue weighted by Gasteiger charge is -2.34. The SMILES string of the molecule is Cc1cc(-c2cccc(-c3ccc4c5c3Oc3ccccc3B5c3ccccc3O4)c2)ccn1. The van der Waals surface area contributed by atoms with Gasteiger partial charge in [-0.05, 0) is 77.0 Å². The Morgan fingerprint density at radius 3 is 2.12 bits per heavy atom. The number of nitrogens with zero attached hydrogens (tertiary/aromatic N) is 1. The minimum Gasteiger partial charge on any atom is -0.458 e. The zero-order chi connectivity index (χ0) is 22.6. The van der Waals surface area contributed by atoms with Gasteiger partial charge in [0.25, 0.3) is 6.71 Å². The molecule has 0 aliphatic carbocycles. The van der Waals surface area contributed by atoms with Gasteiger partial charge in [0.2, 0.25) is 0 Å². The highest BCUT2D eigenvalue weighted by Gasteiger charge is 2.40. The van der Waals surface area contributed by atoms with E-state index in [4.69, 9.17) is 9.47 Å². The second kappa shape index (κ2) is 7.36. The Balaban J connectivity index is 1.44. The van der Waals surface area contributed by atoms with Crippen molar-refractivity contribution < 1.29 is 9.47 Å². The zero-order valence-corrected chi connectivity index (χ0v) is 18.7. The van der Waals surface area contributed by atoms with Crippen LogP contribution in [-0.4, -0.2) is 11.7 Å². The summed E-state index contributed by atoms with van der Waals surface area (Å²) >= 11 is 0. The van der Waals surface area contributed by atoms with E-state index in [1.54, 1.807) is 0 Å². The number of hydrogen-bond donors (Lipinski definition) is 0. The second-order valence-corrected chi connectivity index (χ2v) is 8.83. The Hall–Kier alpha value is -4.31. The molecule has 7 rings (SSSR count). The van der Waals surface area contributed by atoms with Crippen LogP contribution in [0.15, 0.2) is 103 Å². The van der Waals surface area contributed by atoms with E-state index in [-0.39, 0.29) is 6.71 Å². The topological polar surface area (TPSA) is 31.4 Å². The van der Waals surface area contributed by atoms with Crippen molar-refractivity contribution in [2.24, 2.45) is 0 Å². The molecular weight excluding hydrogens is 417 g/mol. The Bertz CT molecular complexity index is 1580. The molecular formula is C30H20BNO2. The maximum atomic E-state index is 6.60. The van der Waals surface area contributed by atoms with Gasteiger partial charge in [-0.25, -0.2) is 0 Å². The van der Waals surface area contributed by atoms with Gasteiger partial charge in [0.15, 0.2) is 0 Å². The number of para-hydroxylation sites is 2. The number of rotatable bonds is 2. The van der Waals surface area contributed by atoms with Crippen LogP contribution in [0.1, 0.15) is 5.69 Å². The molecule has 2 aliphatic rings. The summed E-state index contributed by atoms with van der Waals surface area (Å²) in [6.45, 7) is 2.09. The first-order valence-electron chi connectivity index (χ1n) is 11.5. The molecule has 4 aromatic carbocycles. The molecule has 3 nitrogen and oxygen atoms in total. The van der Waals surface area contributed by atoms with Crippen molar-refractivity contribution in [3.8, 4) is 45.3 Å². The van der Waals surface area contributed by atoms with E-state index in [0.717, 1.165) is 56.4 Å². The molecule has 3 heterocycles. The average molecular weight is 437 g/mol. The molecule has 34 heavy (non-hydrogen) atoms. The third kappa shape index (κ3) is 2.89. The van der Waals surface area contributed by atoms with Crippen LogP contribution >= 0.6 is 0 Å². The average Bonchev–Trinajstić information content (AvgIpc) is 2.88. The van der Waals surface area contributed by atoms with Crippen molar-refractivity contribution in [3.05, 3.63) is 109 Å². The van der Waals surface area contributed by atoms with Gasteiger partial charge in [-0.1, -0.05) is 54.6 Å². The molecule has 5 aromatic rings. The van der Waals surface area contributed by atoms with Crippen LogP contribution in [0.5, 0.6) is 23.0 Å². The maximum Gasteiger partial charge on any atom is 0.260 e. The third-order valence-corrected chi connectivity index (χ3v) is 6.74. The molecule has 0 bridgehead atoms. The molecule has 0 atom stereocenters. The summed E-state index contributed by atoms with van der Waals surface area (Å²) in [4.78, 5) is 4.34. The molecule has 2 aliphatic heterocycles. The molecule has 160 valence electrons. The molecule has 0 saturated heterocycles. The Labute approximate surface area is 198 Å². The lowest BCUT2D eigenvalue weighted by atomic mass is 9.34. The summed E-state index contributed by atoms with van der Waals surface area (Å²) < 4.78 is 12.9. The minimum absolute atomic E-state index is 0.0749. The van der Waals surface area contributed by atoms with Gasteiger partial charge < -0.3 is 9.47 Å². The van der Waals surface area contributed by atoms with Gasteiger partial charge in [0.05, 0.1) is 0 Å². The van der Waals surface area contributed by atoms with E-state index in [9.17, 15) is 0 Å². The monoisotopic (exact) mass is 437 g/mol. The largest absolute Gasteiger partial charge is 0.458 e. The van der Waals surface area contributed by atoms with Gasteiger partial charge in [-0.3, -0.25) is 4.98 Å². The molecule has 0 fully saturated rings. The molecule has 0 radical (unpaired) electrons. The first-order valence-corrected chi connectivity index (χ1v) is 11.5. The van der Waals surface area contributed by atoms with Crippen molar-refractivity contribution in [1.82, 2.24) is 4.98 Å². The zero-order valence-electron chi connectivity index (χ0n) is 18.7. The smallest absolute Gasteiger partial charge is 0.260 e. The third-order valence-electron chi connectivity index (χ3n) is 6.74. The fourth-order valence-electron chi connectivity index (χ4n) is 5.20. The maximum absolute atomic E-state index is 6.60. The number of pyridine rings is 1. The lowest BCUT2D eigenvalue weighted by molar-refractivity contribution is 0.465. The highest BCUT2D eigenvalue weighted by atomic mass is 16.5. The van der Waals surface area contributed by atoms with Crippen molar-refractivity contribution in [2.75, 3.05) is 0 Å². The van der Waals surface area contributed by atoms with E-state index in [0.29, 0.717) is 0 Å². The highest BCUT2D eigenvalue weighted by Crippen LogP contribution is 2.41. The van der Waals surface area contributed by atoms with Crippen LogP contribution in [0.3, 0.4) is 0 Å². The molecule has 0 amide bonds. The van der Waals surface area contributed by atoms with Crippen molar-refractivity contribution >= 4 is 23.1 Å². The van der Waals surface area contributed by atoms with Crippen molar-refractivity contribution in [2.45, 2.75) is 6.92 Å². The summed E-state index contributed by atoms with van der Waals surface area (Å²) in [6.07, 6.45) is 1.86. The van der Waals surface area contributed by atoms with E-state index >= 15 is 0 Å². The van der Waals surface area contributed by atoms with Crippen molar-refractivity contribution in [1.29, 1.82) is 0 Å². The summed E-state index contributed by atoms with van der Waals surface area (Å²) in [5, 5.41) is 0. The number of hydrogen-bond acceptors (Lipinski definition) is 3. The molecule has 0 spiro atoms. The summed E-state index contributed by atoms with van der Waals surface area (Å²) in [6, 6.07) is 33.6. The predicted molar refractivity (Wildman–Crippen MR) is 138 cm³/mol. The number of fused-ring (bicyclic) bond motifs is 4. The van der Waals surface area contributed by atoms with Crippen LogP contribution in [-0.2, 0) is 0 Å². The van der Waals surface area contributed by atoms with Gasteiger partial charge in [0, 0.05) is 22.9 Å². The normalized spacial score (nSPS) is 12.7. The van der Waals surface area contributed by atoms with Crippen LogP contribution in [0, 0.1) is 6.92 Å². The number of aryl methyl sites for hydroxylation is 1. The van der Waals surface area contributed by atoms with Crippen LogP contribution < -0.4 is 25.9 Å². The minimum atomic E-state index is 0.0749. The molecule has 0 unspecified atom stereocenters. The quantitative estimate of drug-likeness (QED) is 0.337. The van der Waals surface area contributed by atoms with Gasteiger partial charge >= 0.3 is 0 Å². The van der Waals surface area contributed by atoms with E-state index in [2.05, 4.69) is 83.8 Å². The van der Waals surface area contributed by atoms with E-state index in [1.165, 1.54) is 10.9 Å². The Kier molecular flexibility index (Phi) is 4.15. The predicted octanol–water partition coefficient (Wildman–Crippen LogP) is 5.45. The van der Waals surface area contributed by atoms with Crippen LogP contribution in [0.2, 0.25) is 0 Å². The van der Waals surface area contributed by atoms with Gasteiger partial charge in [0.1, 0.15) is 23.0 Å². The van der Waals surface area contributed by atoms with Gasteiger partial charge in [-0.2, -0.15) is 0 Å². The fraction of sp³-hybridized carbons (Fsp3) is 0.0333. The highest BCUT2D eigenvalue weighted by molar-refractivity contribution is 6.98. The first-order chi connectivity index (χ1) is 16.8. The van der Waals surface area contributed by atoms with Crippen LogP contribution in [0.25, 0.3) is 22.3 Å². The molecule has 4 heteroatoms. The second-order valence-electron chi connectivity index (χ2n) is 8.83. The Morgan fingerprint density at radius 2 is 1.32 bits per heavy atom. The summed E-state index contributed by atoms with van der Waals surface area (Å²) in [5.41, 5.74) is 8.93. The standard InChI is InChI=1S/C30H20BNO2/c1-19-17-21(15-16-32-19)20-7-6-8-22(18-20)23-13-14-28-29-30(23)34-27-12-5-3-10-25(27)31(29)24-9-2-4-11-26(24)33-28/h2-18H,1H3. The van der Waals surface area contributed by atoms with Crippen LogP contribution in [0.4, 0.5) is 0 Å². The van der Waals surface area contributed by atoms with Crippen molar-refractivity contribution in [3.63, 3.8) is 0 Å². The number of ether oxygens (including phenoxy) is 2. The molecule has 0 N–H and O–H groups in total.